The van der Waals surface area contributed by atoms with Crippen molar-refractivity contribution in [3.63, 3.8) is 0 Å². The fourth-order valence-corrected chi connectivity index (χ4v) is 1.71. The quantitative estimate of drug-likeness (QED) is 0.689. The van der Waals surface area contributed by atoms with Crippen molar-refractivity contribution in [3.8, 4) is 0 Å². The summed E-state index contributed by atoms with van der Waals surface area (Å²) in [5, 5.41) is 6.08. The number of hydrogen-bond donors (Lipinski definition) is 2. The molecule has 1 aliphatic rings. The molecule has 1 heterocycles. The van der Waals surface area contributed by atoms with E-state index in [1.54, 1.807) is 0 Å². The molecule has 3 heteroatoms. The lowest BCUT2D eigenvalue weighted by Gasteiger charge is -2.14. The number of amides is 1. The van der Waals surface area contributed by atoms with Crippen LogP contribution in [0.25, 0.3) is 0 Å². The molecule has 0 saturated carbocycles. The van der Waals surface area contributed by atoms with Gasteiger partial charge in [0.2, 0.25) is 5.91 Å². The number of benzene rings is 1. The molecule has 1 fully saturated rings. The highest BCUT2D eigenvalue weighted by molar-refractivity contribution is 5.78. The highest BCUT2D eigenvalue weighted by atomic mass is 16.1. The fraction of sp³-hybridized carbons (Fsp3) is 0.364. The zero-order valence-electron chi connectivity index (χ0n) is 7.99. The summed E-state index contributed by atoms with van der Waals surface area (Å²) in [6, 6.07) is 10.5. The molecule has 1 aromatic rings. The average Bonchev–Trinajstić information content (AvgIpc) is 2.44. The summed E-state index contributed by atoms with van der Waals surface area (Å²) >= 11 is 0. The van der Waals surface area contributed by atoms with Gasteiger partial charge in [0.15, 0.2) is 0 Å². The monoisotopic (exact) mass is 190 g/mol. The molecule has 14 heavy (non-hydrogen) atoms. The molecule has 0 spiro atoms. The van der Waals surface area contributed by atoms with E-state index >= 15 is 0 Å². The van der Waals surface area contributed by atoms with Crippen molar-refractivity contribution < 1.29 is 4.79 Å². The third kappa shape index (κ3) is 2.12. The molecule has 2 N–H and O–H groups in total. The van der Waals surface area contributed by atoms with Crippen molar-refractivity contribution in [2.75, 3.05) is 13.1 Å². The van der Waals surface area contributed by atoms with Gasteiger partial charge in [0.05, 0.1) is 6.54 Å². The normalized spacial score (nSPS) is 22.6. The number of nitrogens with one attached hydrogen (secondary N) is 2. The molecule has 1 unspecified atom stereocenters. The third-order valence-electron chi connectivity index (χ3n) is 2.47. The van der Waals surface area contributed by atoms with Gasteiger partial charge in [-0.2, -0.15) is 0 Å². The molecule has 2 rings (SSSR count). The van der Waals surface area contributed by atoms with Gasteiger partial charge in [-0.3, -0.25) is 4.79 Å². The molecule has 0 aromatic heterocycles. The van der Waals surface area contributed by atoms with Crippen molar-refractivity contribution in [1.29, 1.82) is 0 Å². The zero-order chi connectivity index (χ0) is 9.80. The highest BCUT2D eigenvalue weighted by Gasteiger charge is 2.15. The number of carbonyl (C=O) groups excluding carboxylic acids is 1. The van der Waals surface area contributed by atoms with Gasteiger partial charge in [-0.05, 0) is 12.0 Å². The van der Waals surface area contributed by atoms with Gasteiger partial charge >= 0.3 is 0 Å². The Labute approximate surface area is 83.5 Å². The highest BCUT2D eigenvalue weighted by Crippen LogP contribution is 2.16. The smallest absolute Gasteiger partial charge is 0.233 e. The van der Waals surface area contributed by atoms with Crippen LogP contribution >= 0.6 is 0 Å². The first-order valence-corrected chi connectivity index (χ1v) is 4.91. The van der Waals surface area contributed by atoms with E-state index in [2.05, 4.69) is 22.8 Å². The van der Waals surface area contributed by atoms with Crippen molar-refractivity contribution >= 4 is 5.91 Å². The first-order chi connectivity index (χ1) is 6.86. The first kappa shape index (κ1) is 9.21. The molecule has 1 aliphatic heterocycles. The van der Waals surface area contributed by atoms with Gasteiger partial charge in [0, 0.05) is 12.6 Å². The van der Waals surface area contributed by atoms with Crippen LogP contribution in [0.4, 0.5) is 0 Å². The van der Waals surface area contributed by atoms with E-state index in [0.717, 1.165) is 13.0 Å². The molecular weight excluding hydrogens is 176 g/mol. The van der Waals surface area contributed by atoms with Crippen LogP contribution in [-0.2, 0) is 4.79 Å². The predicted molar refractivity (Wildman–Crippen MR) is 54.8 cm³/mol. The maximum Gasteiger partial charge on any atom is 0.233 e. The minimum Gasteiger partial charge on any atom is -0.355 e. The van der Waals surface area contributed by atoms with Crippen LogP contribution in [0.2, 0.25) is 0 Å². The molecule has 1 amide bonds. The van der Waals surface area contributed by atoms with Crippen LogP contribution in [-0.4, -0.2) is 19.0 Å². The van der Waals surface area contributed by atoms with Crippen molar-refractivity contribution in [3.05, 3.63) is 35.9 Å². The lowest BCUT2D eigenvalue weighted by molar-refractivity contribution is -0.119. The van der Waals surface area contributed by atoms with Gasteiger partial charge in [0.1, 0.15) is 0 Å². The molecule has 1 saturated heterocycles. The second-order valence-corrected chi connectivity index (χ2v) is 3.48. The predicted octanol–water partition coefficient (Wildman–Crippen LogP) is 0.837. The van der Waals surface area contributed by atoms with Gasteiger partial charge < -0.3 is 10.6 Å². The summed E-state index contributed by atoms with van der Waals surface area (Å²) in [7, 11) is 0. The molecule has 74 valence electrons. The maximum atomic E-state index is 11.1. The third-order valence-corrected chi connectivity index (χ3v) is 2.47. The SMILES string of the molecule is O=C1CNC(c2ccccc2)CCN1. The Morgan fingerprint density at radius 1 is 1.21 bits per heavy atom. The summed E-state index contributed by atoms with van der Waals surface area (Å²) in [6.45, 7) is 1.17. The largest absolute Gasteiger partial charge is 0.355 e. The van der Waals surface area contributed by atoms with Crippen LogP contribution in [0.5, 0.6) is 0 Å². The molecule has 3 nitrogen and oxygen atoms in total. The minimum absolute atomic E-state index is 0.0865. The minimum atomic E-state index is 0.0865. The van der Waals surface area contributed by atoms with Gasteiger partial charge in [-0.1, -0.05) is 30.3 Å². The Kier molecular flexibility index (Phi) is 2.79. The van der Waals surface area contributed by atoms with E-state index in [-0.39, 0.29) is 5.91 Å². The standard InChI is InChI=1S/C11H14N2O/c14-11-8-13-10(6-7-12-11)9-4-2-1-3-5-9/h1-5,10,13H,6-8H2,(H,12,14). The molecule has 1 aromatic carbocycles. The van der Waals surface area contributed by atoms with Crippen LogP contribution in [0.15, 0.2) is 30.3 Å². The average molecular weight is 190 g/mol. The van der Waals surface area contributed by atoms with Crippen LogP contribution in [0.3, 0.4) is 0 Å². The van der Waals surface area contributed by atoms with Crippen LogP contribution in [0.1, 0.15) is 18.0 Å². The maximum absolute atomic E-state index is 11.1. The van der Waals surface area contributed by atoms with E-state index in [9.17, 15) is 4.79 Å². The van der Waals surface area contributed by atoms with E-state index in [4.69, 9.17) is 0 Å². The Bertz CT molecular complexity index is 310. The Hall–Kier alpha value is -1.35. The second kappa shape index (κ2) is 4.24. The van der Waals surface area contributed by atoms with E-state index < -0.39 is 0 Å². The lowest BCUT2D eigenvalue weighted by Crippen LogP contribution is -2.29. The fourth-order valence-electron chi connectivity index (χ4n) is 1.71. The summed E-state index contributed by atoms with van der Waals surface area (Å²) < 4.78 is 0. The molecule has 0 aliphatic carbocycles. The van der Waals surface area contributed by atoms with Gasteiger partial charge in [-0.25, -0.2) is 0 Å². The zero-order valence-corrected chi connectivity index (χ0v) is 7.99. The van der Waals surface area contributed by atoms with E-state index in [1.807, 2.05) is 18.2 Å². The van der Waals surface area contributed by atoms with Crippen molar-refractivity contribution in [1.82, 2.24) is 10.6 Å². The van der Waals surface area contributed by atoms with Gasteiger partial charge in [-0.15, -0.1) is 0 Å². The molecular formula is C11H14N2O. The number of carbonyl (C=O) groups is 1. The Morgan fingerprint density at radius 3 is 2.79 bits per heavy atom. The van der Waals surface area contributed by atoms with E-state index in [0.29, 0.717) is 12.6 Å². The number of rotatable bonds is 1. The Balaban J connectivity index is 2.08. The van der Waals surface area contributed by atoms with Gasteiger partial charge in [0.25, 0.3) is 0 Å². The molecule has 1 atom stereocenters. The van der Waals surface area contributed by atoms with E-state index in [1.165, 1.54) is 5.56 Å². The lowest BCUT2D eigenvalue weighted by atomic mass is 10.0. The first-order valence-electron chi connectivity index (χ1n) is 4.91. The molecule has 0 radical (unpaired) electrons. The summed E-state index contributed by atoms with van der Waals surface area (Å²) in [6.07, 6.45) is 0.954. The van der Waals surface area contributed by atoms with Crippen LogP contribution < -0.4 is 10.6 Å². The topological polar surface area (TPSA) is 41.1 Å². The second-order valence-electron chi connectivity index (χ2n) is 3.48. The summed E-state index contributed by atoms with van der Waals surface area (Å²) in [4.78, 5) is 11.1. The number of hydrogen-bond acceptors (Lipinski definition) is 2. The Morgan fingerprint density at radius 2 is 2.00 bits per heavy atom. The summed E-state index contributed by atoms with van der Waals surface area (Å²) in [5.74, 6) is 0.0865. The van der Waals surface area contributed by atoms with Crippen LogP contribution in [0, 0.1) is 0 Å². The summed E-state index contributed by atoms with van der Waals surface area (Å²) in [5.41, 5.74) is 1.25. The van der Waals surface area contributed by atoms with Crippen molar-refractivity contribution in [2.24, 2.45) is 0 Å². The van der Waals surface area contributed by atoms with Crippen molar-refractivity contribution in [2.45, 2.75) is 12.5 Å². The molecule has 0 bridgehead atoms.